The smallest absolute Gasteiger partial charge is 0.107 e. The summed E-state index contributed by atoms with van der Waals surface area (Å²) in [6.07, 6.45) is 0. The van der Waals surface area contributed by atoms with Crippen LogP contribution in [0.25, 0.3) is 31.3 Å². The Balaban J connectivity index is 2.19. The average molecular weight is 737 g/mol. The van der Waals surface area contributed by atoms with Crippen molar-refractivity contribution >= 4 is 99.9 Å². The van der Waals surface area contributed by atoms with Crippen molar-refractivity contribution in [3.8, 4) is 11.1 Å². The van der Waals surface area contributed by atoms with Crippen LogP contribution < -0.4 is 9.00 Å². The SMILES string of the molecule is CC(C)[Si](c1cc2c(-c3cccc(Br)c3)c3sc([Si](C(C)C)(C(C)C)C(C)C)cc3c(Br)c2s1)(C(C)C)C(C)C. The Morgan fingerprint density at radius 3 is 1.40 bits per heavy atom. The van der Waals surface area contributed by atoms with Crippen LogP contribution in [0.15, 0.2) is 45.3 Å². The minimum atomic E-state index is -1.79. The third-order valence-corrected chi connectivity index (χ3v) is 29.8. The molecule has 2 aromatic carbocycles. The van der Waals surface area contributed by atoms with Gasteiger partial charge in [-0.1, -0.05) is 111 Å². The van der Waals surface area contributed by atoms with E-state index in [4.69, 9.17) is 0 Å². The molecule has 6 heteroatoms. The van der Waals surface area contributed by atoms with E-state index in [-0.39, 0.29) is 0 Å². The molecular formula is C34H48Br2S2Si2. The van der Waals surface area contributed by atoms with Crippen molar-refractivity contribution in [2.75, 3.05) is 0 Å². The molecule has 0 unspecified atom stereocenters. The highest BCUT2D eigenvalue weighted by molar-refractivity contribution is 9.11. The Hall–Kier alpha value is -0.246. The Morgan fingerprint density at radius 2 is 0.975 bits per heavy atom. The van der Waals surface area contributed by atoms with E-state index in [1.165, 1.54) is 35.8 Å². The van der Waals surface area contributed by atoms with Crippen LogP contribution in [0.1, 0.15) is 83.1 Å². The summed E-state index contributed by atoms with van der Waals surface area (Å²) in [5.41, 5.74) is 6.91. The normalized spacial score (nSPS) is 13.6. The second kappa shape index (κ2) is 12.0. The number of thiophene rings is 2. The summed E-state index contributed by atoms with van der Waals surface area (Å²) in [5.74, 6) is 0. The van der Waals surface area contributed by atoms with Gasteiger partial charge in [-0.2, -0.15) is 0 Å². The fourth-order valence-corrected chi connectivity index (χ4v) is 30.4. The highest BCUT2D eigenvalue weighted by Gasteiger charge is 2.47. The number of hydrogen-bond donors (Lipinski definition) is 0. The standard InChI is InChI=1S/C34H48Br2S2Si2/c1-19(2)39(20(3)4,21(5)6)29-17-27-31(25-14-13-15-26(35)16-25)33-28(32(36)34(27)38-29)18-30(37-33)40(22(7)8,23(9)10)24(11)12/h13-24H,1-12H3. The molecule has 0 saturated heterocycles. The first-order valence-electron chi connectivity index (χ1n) is 15.1. The van der Waals surface area contributed by atoms with Gasteiger partial charge in [0.15, 0.2) is 0 Å². The maximum Gasteiger partial charge on any atom is 0.107 e. The molecule has 0 fully saturated rings. The summed E-state index contributed by atoms with van der Waals surface area (Å²) < 4.78 is 8.70. The van der Waals surface area contributed by atoms with E-state index in [0.29, 0.717) is 33.2 Å². The maximum atomic E-state index is 4.22. The summed E-state index contributed by atoms with van der Waals surface area (Å²) in [7, 11) is -3.57. The number of rotatable bonds is 9. The van der Waals surface area contributed by atoms with Crippen molar-refractivity contribution < 1.29 is 0 Å². The molecule has 0 aliphatic heterocycles. The summed E-state index contributed by atoms with van der Waals surface area (Å²) in [4.78, 5) is 0. The molecule has 0 atom stereocenters. The van der Waals surface area contributed by atoms with Crippen molar-refractivity contribution in [3.05, 3.63) is 45.3 Å². The highest BCUT2D eigenvalue weighted by Crippen LogP contribution is 2.51. The van der Waals surface area contributed by atoms with E-state index in [9.17, 15) is 0 Å². The first kappa shape index (κ1) is 32.7. The summed E-state index contributed by atoms with van der Waals surface area (Å²) >= 11 is 12.2. The minimum absolute atomic E-state index is 0.691. The number of benzene rings is 2. The van der Waals surface area contributed by atoms with Crippen molar-refractivity contribution in [3.63, 3.8) is 0 Å². The largest absolute Gasteiger partial charge is 0.144 e. The zero-order valence-corrected chi connectivity index (χ0v) is 33.3. The van der Waals surface area contributed by atoms with Gasteiger partial charge in [-0.05, 0) is 88.0 Å². The monoisotopic (exact) mass is 734 g/mol. The summed E-state index contributed by atoms with van der Waals surface area (Å²) in [5, 5.41) is 2.86. The van der Waals surface area contributed by atoms with Crippen LogP contribution in [0.4, 0.5) is 0 Å². The zero-order valence-electron chi connectivity index (χ0n) is 26.5. The lowest BCUT2D eigenvalue weighted by molar-refractivity contribution is 0.837. The van der Waals surface area contributed by atoms with Gasteiger partial charge in [0.2, 0.25) is 0 Å². The van der Waals surface area contributed by atoms with E-state index in [0.717, 1.165) is 4.47 Å². The van der Waals surface area contributed by atoms with Crippen LogP contribution in [0.3, 0.4) is 0 Å². The fourth-order valence-electron chi connectivity index (χ4n) is 8.79. The third kappa shape index (κ3) is 4.93. The van der Waals surface area contributed by atoms with Gasteiger partial charge in [0.05, 0.1) is 0 Å². The number of hydrogen-bond acceptors (Lipinski definition) is 2. The molecule has 0 spiro atoms. The lowest BCUT2D eigenvalue weighted by Gasteiger charge is -2.42. The Labute approximate surface area is 270 Å². The van der Waals surface area contributed by atoms with Crippen molar-refractivity contribution in [1.29, 1.82) is 0 Å². The molecule has 4 rings (SSSR count). The molecule has 0 aliphatic carbocycles. The van der Waals surface area contributed by atoms with Crippen LogP contribution in [0.2, 0.25) is 33.2 Å². The van der Waals surface area contributed by atoms with Gasteiger partial charge in [0.25, 0.3) is 0 Å². The Bertz CT molecular complexity index is 1380. The molecule has 0 radical (unpaired) electrons. The van der Waals surface area contributed by atoms with Gasteiger partial charge < -0.3 is 0 Å². The van der Waals surface area contributed by atoms with Gasteiger partial charge in [-0.15, -0.1) is 22.7 Å². The third-order valence-electron chi connectivity index (χ3n) is 10.1. The molecule has 2 heterocycles. The van der Waals surface area contributed by atoms with Crippen molar-refractivity contribution in [1.82, 2.24) is 0 Å². The molecule has 0 nitrogen and oxygen atoms in total. The van der Waals surface area contributed by atoms with Crippen LogP contribution in [-0.4, -0.2) is 16.1 Å². The quantitative estimate of drug-likeness (QED) is 0.150. The van der Waals surface area contributed by atoms with Gasteiger partial charge in [-0.25, -0.2) is 0 Å². The predicted octanol–water partition coefficient (Wildman–Crippen LogP) is 13.1. The Morgan fingerprint density at radius 1 is 0.550 bits per heavy atom. The lowest BCUT2D eigenvalue weighted by atomic mass is 10.0. The number of halogens is 2. The molecule has 0 aliphatic rings. The molecule has 2 aromatic heterocycles. The molecule has 40 heavy (non-hydrogen) atoms. The molecule has 0 bridgehead atoms. The molecule has 4 aromatic rings. The van der Waals surface area contributed by atoms with Crippen molar-refractivity contribution in [2.45, 2.75) is 116 Å². The Kier molecular flexibility index (Phi) is 9.83. The molecule has 0 amide bonds. The fraction of sp³-hybridized carbons (Fsp3) is 0.529. The lowest BCUT2D eigenvalue weighted by Crippen LogP contribution is -2.54. The summed E-state index contributed by atoms with van der Waals surface area (Å²) in [6.45, 7) is 29.8. The van der Waals surface area contributed by atoms with Gasteiger partial charge in [0.1, 0.15) is 16.1 Å². The van der Waals surface area contributed by atoms with Gasteiger partial charge in [0, 0.05) is 34.7 Å². The first-order chi connectivity index (χ1) is 18.6. The van der Waals surface area contributed by atoms with Gasteiger partial charge in [-0.3, -0.25) is 0 Å². The number of fused-ring (bicyclic) bond motifs is 2. The molecular weight excluding hydrogens is 688 g/mol. The highest BCUT2D eigenvalue weighted by atomic mass is 79.9. The summed E-state index contributed by atoms with van der Waals surface area (Å²) in [6, 6.07) is 14.3. The van der Waals surface area contributed by atoms with Crippen LogP contribution in [0, 0.1) is 0 Å². The van der Waals surface area contributed by atoms with Crippen LogP contribution in [0.5, 0.6) is 0 Å². The second-order valence-electron chi connectivity index (χ2n) is 13.7. The zero-order chi connectivity index (χ0) is 29.9. The van der Waals surface area contributed by atoms with Crippen LogP contribution in [-0.2, 0) is 0 Å². The van der Waals surface area contributed by atoms with E-state index >= 15 is 0 Å². The van der Waals surface area contributed by atoms with Gasteiger partial charge >= 0.3 is 0 Å². The topological polar surface area (TPSA) is 0 Å². The molecule has 0 saturated carbocycles. The molecule has 218 valence electrons. The van der Waals surface area contributed by atoms with Crippen molar-refractivity contribution in [2.24, 2.45) is 0 Å². The molecule has 0 N–H and O–H groups in total. The predicted molar refractivity (Wildman–Crippen MR) is 199 cm³/mol. The van der Waals surface area contributed by atoms with Crippen LogP contribution >= 0.6 is 54.5 Å². The van der Waals surface area contributed by atoms with E-state index in [1.54, 1.807) is 9.00 Å². The van der Waals surface area contributed by atoms with E-state index < -0.39 is 16.1 Å². The minimum Gasteiger partial charge on any atom is -0.144 e. The average Bonchev–Trinajstić information content (AvgIpc) is 3.45. The first-order valence-corrected chi connectivity index (χ1v) is 22.8. The second-order valence-corrected chi connectivity index (χ2v) is 30.0. The van der Waals surface area contributed by atoms with E-state index in [2.05, 4.69) is 174 Å². The van der Waals surface area contributed by atoms with E-state index in [1.807, 2.05) is 0 Å². The maximum absolute atomic E-state index is 4.22.